The van der Waals surface area contributed by atoms with Gasteiger partial charge in [-0.3, -0.25) is 4.79 Å². The first-order valence-electron chi connectivity index (χ1n) is 10.1. The molecule has 0 bridgehead atoms. The number of esters is 1. The summed E-state index contributed by atoms with van der Waals surface area (Å²) in [6.07, 6.45) is -1.12. The number of nitrogens with one attached hydrogen (secondary N) is 1. The second-order valence-corrected chi connectivity index (χ2v) is 7.06. The molecule has 0 saturated heterocycles. The molecule has 6 heteroatoms. The average molecular weight is 418 g/mol. The lowest BCUT2D eigenvalue weighted by Crippen LogP contribution is -2.26. The fraction of sp³-hybridized carbons (Fsp3) is 0.200. The maximum atomic E-state index is 13.2. The first-order valence-corrected chi connectivity index (χ1v) is 10.1. The highest BCUT2D eigenvalue weighted by molar-refractivity contribution is 5.99. The highest BCUT2D eigenvalue weighted by Gasteiger charge is 2.26. The Kier molecular flexibility index (Phi) is 7.27. The molecule has 3 rings (SSSR count). The van der Waals surface area contributed by atoms with Gasteiger partial charge in [-0.2, -0.15) is 0 Å². The summed E-state index contributed by atoms with van der Waals surface area (Å²) in [5.41, 5.74) is 2.32. The Bertz CT molecular complexity index is 1030. The van der Waals surface area contributed by atoms with Crippen molar-refractivity contribution in [2.75, 3.05) is 30.9 Å². The van der Waals surface area contributed by atoms with Crippen LogP contribution in [0.2, 0.25) is 0 Å². The third-order valence-electron chi connectivity index (χ3n) is 4.61. The Labute approximate surface area is 182 Å². The van der Waals surface area contributed by atoms with Gasteiger partial charge >= 0.3 is 5.97 Å². The number of hydrogen-bond donors (Lipinski definition) is 1. The number of rotatable bonds is 8. The van der Waals surface area contributed by atoms with Crippen molar-refractivity contribution in [2.45, 2.75) is 13.0 Å². The van der Waals surface area contributed by atoms with Gasteiger partial charge in [0.1, 0.15) is 5.75 Å². The summed E-state index contributed by atoms with van der Waals surface area (Å²) in [5, 5.41) is 2.83. The van der Waals surface area contributed by atoms with Crippen LogP contribution in [0.5, 0.6) is 5.75 Å². The van der Waals surface area contributed by atoms with E-state index in [1.165, 1.54) is 0 Å². The van der Waals surface area contributed by atoms with E-state index in [1.54, 1.807) is 60.7 Å². The first-order chi connectivity index (χ1) is 15.0. The van der Waals surface area contributed by atoms with Crippen molar-refractivity contribution in [1.82, 2.24) is 0 Å². The van der Waals surface area contributed by atoms with Crippen LogP contribution in [0.15, 0.2) is 78.9 Å². The first kappa shape index (κ1) is 21.9. The summed E-state index contributed by atoms with van der Waals surface area (Å²) in [5.74, 6) is -0.489. The minimum atomic E-state index is -1.12. The minimum Gasteiger partial charge on any atom is -0.492 e. The van der Waals surface area contributed by atoms with Crippen molar-refractivity contribution in [3.05, 3.63) is 90.0 Å². The molecule has 0 radical (unpaired) electrons. The molecule has 0 aliphatic rings. The number of ether oxygens (including phenoxy) is 2. The number of amides is 1. The molecule has 6 nitrogen and oxygen atoms in total. The lowest BCUT2D eigenvalue weighted by molar-refractivity contribution is -0.125. The second-order valence-electron chi connectivity index (χ2n) is 7.06. The van der Waals surface area contributed by atoms with E-state index >= 15 is 0 Å². The Balaban J connectivity index is 1.86. The van der Waals surface area contributed by atoms with Crippen molar-refractivity contribution < 1.29 is 19.1 Å². The molecular formula is C25H26N2O4. The topological polar surface area (TPSA) is 67.9 Å². The van der Waals surface area contributed by atoms with Gasteiger partial charge in [0.25, 0.3) is 5.91 Å². The number of hydrogen-bond acceptors (Lipinski definition) is 5. The molecule has 1 atom stereocenters. The summed E-state index contributed by atoms with van der Waals surface area (Å²) >= 11 is 0. The number of carbonyl (C=O) groups excluding carboxylic acids is 2. The average Bonchev–Trinajstić information content (AvgIpc) is 2.79. The van der Waals surface area contributed by atoms with Crippen LogP contribution >= 0.6 is 0 Å². The van der Waals surface area contributed by atoms with E-state index in [-0.39, 0.29) is 0 Å². The molecule has 160 valence electrons. The van der Waals surface area contributed by atoms with E-state index in [0.717, 1.165) is 5.69 Å². The molecule has 3 aromatic carbocycles. The Morgan fingerprint density at radius 1 is 0.935 bits per heavy atom. The van der Waals surface area contributed by atoms with Gasteiger partial charge in [-0.25, -0.2) is 4.79 Å². The summed E-state index contributed by atoms with van der Waals surface area (Å²) < 4.78 is 11.3. The van der Waals surface area contributed by atoms with Crippen molar-refractivity contribution >= 4 is 23.3 Å². The van der Waals surface area contributed by atoms with E-state index in [1.807, 2.05) is 44.1 Å². The smallest absolute Gasteiger partial charge is 0.339 e. The third kappa shape index (κ3) is 5.63. The maximum Gasteiger partial charge on any atom is 0.339 e. The zero-order valence-electron chi connectivity index (χ0n) is 17.9. The summed E-state index contributed by atoms with van der Waals surface area (Å²) in [6.45, 7) is 2.33. The van der Waals surface area contributed by atoms with Crippen LogP contribution in [-0.2, 0) is 9.53 Å². The van der Waals surface area contributed by atoms with Crippen LogP contribution in [0, 0.1) is 0 Å². The molecule has 0 aliphatic heterocycles. The SMILES string of the molecule is CCOc1ccccc1NC(=O)[C@H](OC(=O)c1cccc(N(C)C)c1)c1ccccc1. The van der Waals surface area contributed by atoms with E-state index in [2.05, 4.69) is 5.32 Å². The molecular weight excluding hydrogens is 392 g/mol. The van der Waals surface area contributed by atoms with Gasteiger partial charge in [0.2, 0.25) is 6.10 Å². The molecule has 0 aliphatic carbocycles. The highest BCUT2D eigenvalue weighted by atomic mass is 16.5. The molecule has 0 saturated carbocycles. The van der Waals surface area contributed by atoms with Crippen molar-refractivity contribution in [3.63, 3.8) is 0 Å². The van der Waals surface area contributed by atoms with E-state index < -0.39 is 18.0 Å². The monoisotopic (exact) mass is 418 g/mol. The van der Waals surface area contributed by atoms with Crippen molar-refractivity contribution in [1.29, 1.82) is 0 Å². The minimum absolute atomic E-state index is 0.370. The van der Waals surface area contributed by atoms with E-state index in [9.17, 15) is 9.59 Å². The lowest BCUT2D eigenvalue weighted by Gasteiger charge is -2.20. The number of para-hydroxylation sites is 2. The summed E-state index contributed by atoms with van der Waals surface area (Å²) in [6, 6.07) is 23.1. The molecule has 0 heterocycles. The van der Waals surface area contributed by atoms with Gasteiger partial charge in [0.05, 0.1) is 17.9 Å². The quantitative estimate of drug-likeness (QED) is 0.538. The normalized spacial score (nSPS) is 11.3. The molecule has 0 fully saturated rings. The van der Waals surface area contributed by atoms with Gasteiger partial charge < -0.3 is 19.7 Å². The lowest BCUT2D eigenvalue weighted by atomic mass is 10.1. The molecule has 0 spiro atoms. The molecule has 3 aromatic rings. The number of benzene rings is 3. The molecule has 0 unspecified atom stereocenters. The molecule has 31 heavy (non-hydrogen) atoms. The number of carbonyl (C=O) groups is 2. The van der Waals surface area contributed by atoms with E-state index in [0.29, 0.717) is 29.2 Å². The Morgan fingerprint density at radius 2 is 1.65 bits per heavy atom. The van der Waals surface area contributed by atoms with Gasteiger partial charge in [0, 0.05) is 25.3 Å². The van der Waals surface area contributed by atoms with Crippen LogP contribution in [0.1, 0.15) is 28.9 Å². The predicted molar refractivity (Wildman–Crippen MR) is 122 cm³/mol. The zero-order chi connectivity index (χ0) is 22.2. The number of anilines is 2. The van der Waals surface area contributed by atoms with Crippen molar-refractivity contribution in [3.8, 4) is 5.75 Å². The van der Waals surface area contributed by atoms with Crippen molar-refractivity contribution in [2.24, 2.45) is 0 Å². The largest absolute Gasteiger partial charge is 0.492 e. The van der Waals surface area contributed by atoms with Gasteiger partial charge in [-0.05, 0) is 37.3 Å². The van der Waals surface area contributed by atoms with Crippen LogP contribution in [0.25, 0.3) is 0 Å². The summed E-state index contributed by atoms with van der Waals surface area (Å²) in [4.78, 5) is 27.9. The maximum absolute atomic E-state index is 13.2. The molecule has 0 aromatic heterocycles. The zero-order valence-corrected chi connectivity index (χ0v) is 17.9. The second kappa shape index (κ2) is 10.3. The van der Waals surface area contributed by atoms with Crippen LogP contribution in [0.4, 0.5) is 11.4 Å². The summed E-state index contributed by atoms with van der Waals surface area (Å²) in [7, 11) is 3.78. The van der Waals surface area contributed by atoms with E-state index in [4.69, 9.17) is 9.47 Å². The predicted octanol–water partition coefficient (Wildman–Crippen LogP) is 4.69. The molecule has 1 amide bonds. The molecule has 1 N–H and O–H groups in total. The van der Waals surface area contributed by atoms with Gasteiger partial charge in [-0.15, -0.1) is 0 Å². The third-order valence-corrected chi connectivity index (χ3v) is 4.61. The highest BCUT2D eigenvalue weighted by Crippen LogP contribution is 2.27. The number of nitrogens with zero attached hydrogens (tertiary/aromatic N) is 1. The Morgan fingerprint density at radius 3 is 2.35 bits per heavy atom. The van der Waals surface area contributed by atoms with Gasteiger partial charge in [-0.1, -0.05) is 48.5 Å². The van der Waals surface area contributed by atoms with Crippen LogP contribution in [-0.4, -0.2) is 32.6 Å². The Hall–Kier alpha value is -3.80. The standard InChI is InChI=1S/C25H26N2O4/c1-4-30-22-16-9-8-15-21(22)26-24(28)23(18-11-6-5-7-12-18)31-25(29)19-13-10-14-20(17-19)27(2)3/h5-17,23H,4H2,1-3H3,(H,26,28)/t23-/m1/s1. The van der Waals surface area contributed by atoms with Crippen LogP contribution < -0.4 is 15.0 Å². The van der Waals surface area contributed by atoms with Crippen LogP contribution in [0.3, 0.4) is 0 Å². The fourth-order valence-corrected chi connectivity index (χ4v) is 3.04. The fourth-order valence-electron chi connectivity index (χ4n) is 3.04. The van der Waals surface area contributed by atoms with Gasteiger partial charge in [0.15, 0.2) is 0 Å².